The highest BCUT2D eigenvalue weighted by Crippen LogP contribution is 1.98. The van der Waals surface area contributed by atoms with Crippen LogP contribution in [-0.4, -0.2) is 12.0 Å². The average molecular weight is 130 g/mol. The third-order valence-corrected chi connectivity index (χ3v) is 1.65. The summed E-state index contributed by atoms with van der Waals surface area (Å²) < 4.78 is 0. The summed E-state index contributed by atoms with van der Waals surface area (Å²) in [7, 11) is 0. The Morgan fingerprint density at radius 1 is 1.50 bits per heavy atom. The molecular weight excluding hydrogens is 116 g/mol. The van der Waals surface area contributed by atoms with Crippen molar-refractivity contribution in [2.24, 2.45) is 0 Å². The van der Waals surface area contributed by atoms with Gasteiger partial charge in [0.1, 0.15) is 0 Å². The minimum absolute atomic E-state index is 1.25. The second kappa shape index (κ2) is 7.09. The molecule has 0 radical (unpaired) electrons. The van der Waals surface area contributed by atoms with Crippen LogP contribution in [0.25, 0.3) is 0 Å². The van der Waals surface area contributed by atoms with Crippen molar-refractivity contribution in [1.82, 2.24) is 0 Å². The first-order valence-corrected chi connectivity index (χ1v) is 4.41. The molecule has 0 fully saturated rings. The molecule has 0 N–H and O–H groups in total. The summed E-state index contributed by atoms with van der Waals surface area (Å²) in [6, 6.07) is 0. The summed E-state index contributed by atoms with van der Waals surface area (Å²) in [6.07, 6.45) is 9.05. The maximum Gasteiger partial charge on any atom is -0.00674 e. The molecule has 0 aliphatic rings. The van der Waals surface area contributed by atoms with E-state index in [-0.39, 0.29) is 0 Å². The van der Waals surface area contributed by atoms with Gasteiger partial charge in [0.2, 0.25) is 0 Å². The molecular formula is C7H14S. The maximum absolute atomic E-state index is 2.22. The molecule has 48 valence electrons. The van der Waals surface area contributed by atoms with Crippen LogP contribution in [0.2, 0.25) is 0 Å². The molecule has 0 saturated heterocycles. The largest absolute Gasteiger partial charge is 0.165 e. The standard InChI is InChI=1S/C7H14S/c1-3-4-5-6-7-8-2/h3-4H,5-7H2,1-2H3. The lowest BCUT2D eigenvalue weighted by molar-refractivity contribution is 0.971. The minimum atomic E-state index is 1.25. The molecule has 0 aromatic heterocycles. The minimum Gasteiger partial charge on any atom is -0.165 e. The smallest absolute Gasteiger partial charge is 0.00674 e. The van der Waals surface area contributed by atoms with E-state index in [1.165, 1.54) is 18.6 Å². The van der Waals surface area contributed by atoms with Crippen LogP contribution in [0.5, 0.6) is 0 Å². The van der Waals surface area contributed by atoms with Gasteiger partial charge in [0.25, 0.3) is 0 Å². The summed E-state index contributed by atoms with van der Waals surface area (Å²) in [5.74, 6) is 1.30. The predicted molar refractivity (Wildman–Crippen MR) is 42.4 cm³/mol. The second-order valence-corrected chi connectivity index (χ2v) is 2.69. The fourth-order valence-corrected chi connectivity index (χ4v) is 0.968. The average Bonchev–Trinajstić information content (AvgIpc) is 1.81. The van der Waals surface area contributed by atoms with Crippen molar-refractivity contribution in [2.75, 3.05) is 12.0 Å². The van der Waals surface area contributed by atoms with E-state index in [0.717, 1.165) is 0 Å². The molecule has 0 atom stereocenters. The zero-order valence-electron chi connectivity index (χ0n) is 5.68. The molecule has 0 unspecified atom stereocenters. The van der Waals surface area contributed by atoms with Crippen molar-refractivity contribution >= 4 is 11.8 Å². The molecule has 0 nitrogen and oxygen atoms in total. The van der Waals surface area contributed by atoms with Crippen molar-refractivity contribution in [1.29, 1.82) is 0 Å². The van der Waals surface area contributed by atoms with E-state index < -0.39 is 0 Å². The molecule has 0 aromatic carbocycles. The van der Waals surface area contributed by atoms with Gasteiger partial charge in [-0.3, -0.25) is 0 Å². The van der Waals surface area contributed by atoms with Gasteiger partial charge in [-0.15, -0.1) is 0 Å². The van der Waals surface area contributed by atoms with Gasteiger partial charge in [-0.2, -0.15) is 11.8 Å². The molecule has 0 heterocycles. The summed E-state index contributed by atoms with van der Waals surface area (Å²) in [5.41, 5.74) is 0. The first-order chi connectivity index (χ1) is 3.91. The Labute approximate surface area is 56.4 Å². The molecule has 0 aliphatic heterocycles. The van der Waals surface area contributed by atoms with E-state index in [2.05, 4.69) is 25.3 Å². The predicted octanol–water partition coefficient (Wildman–Crippen LogP) is 2.71. The lowest BCUT2D eigenvalue weighted by atomic mass is 10.3. The van der Waals surface area contributed by atoms with Gasteiger partial charge in [-0.1, -0.05) is 12.2 Å². The molecule has 0 saturated carbocycles. The molecule has 0 bridgehead atoms. The van der Waals surface area contributed by atoms with Gasteiger partial charge < -0.3 is 0 Å². The van der Waals surface area contributed by atoms with Crippen LogP contribution in [0.1, 0.15) is 19.8 Å². The zero-order chi connectivity index (χ0) is 6.24. The number of thioether (sulfide) groups is 1. The normalized spacial score (nSPS) is 10.8. The number of hydrogen-bond acceptors (Lipinski definition) is 1. The molecule has 0 rings (SSSR count). The summed E-state index contributed by atoms with van der Waals surface area (Å²) in [6.45, 7) is 2.07. The Hall–Kier alpha value is 0.0900. The molecule has 8 heavy (non-hydrogen) atoms. The Balaban J connectivity index is 2.72. The van der Waals surface area contributed by atoms with Crippen molar-refractivity contribution < 1.29 is 0 Å². The second-order valence-electron chi connectivity index (χ2n) is 1.70. The highest BCUT2D eigenvalue weighted by molar-refractivity contribution is 7.98. The van der Waals surface area contributed by atoms with Gasteiger partial charge in [-0.05, 0) is 31.8 Å². The Morgan fingerprint density at radius 2 is 2.25 bits per heavy atom. The Kier molecular flexibility index (Phi) is 7.17. The van der Waals surface area contributed by atoms with Gasteiger partial charge in [0, 0.05) is 0 Å². The van der Waals surface area contributed by atoms with Crippen LogP contribution in [0, 0.1) is 0 Å². The van der Waals surface area contributed by atoms with Crippen LogP contribution in [0.15, 0.2) is 12.2 Å². The first-order valence-electron chi connectivity index (χ1n) is 3.02. The van der Waals surface area contributed by atoms with Crippen molar-refractivity contribution in [3.8, 4) is 0 Å². The lowest BCUT2D eigenvalue weighted by Crippen LogP contribution is -1.73. The maximum atomic E-state index is 2.22. The SMILES string of the molecule is CC=CCCCSC. The number of rotatable bonds is 4. The number of hydrogen-bond donors (Lipinski definition) is 0. The van der Waals surface area contributed by atoms with Gasteiger partial charge in [-0.25, -0.2) is 0 Å². The van der Waals surface area contributed by atoms with Crippen LogP contribution >= 0.6 is 11.8 Å². The van der Waals surface area contributed by atoms with Crippen molar-refractivity contribution in [3.63, 3.8) is 0 Å². The lowest BCUT2D eigenvalue weighted by Gasteiger charge is -1.89. The van der Waals surface area contributed by atoms with Gasteiger partial charge in [0.15, 0.2) is 0 Å². The third kappa shape index (κ3) is 6.09. The first kappa shape index (κ1) is 8.09. The molecule has 0 amide bonds. The van der Waals surface area contributed by atoms with Crippen molar-refractivity contribution in [2.45, 2.75) is 19.8 Å². The molecule has 1 heteroatoms. The topological polar surface area (TPSA) is 0 Å². The highest BCUT2D eigenvalue weighted by Gasteiger charge is 1.78. The summed E-state index contributed by atoms with van der Waals surface area (Å²) in [5, 5.41) is 0. The van der Waals surface area contributed by atoms with E-state index in [1.54, 1.807) is 0 Å². The fraction of sp³-hybridized carbons (Fsp3) is 0.714. The van der Waals surface area contributed by atoms with Crippen LogP contribution in [-0.2, 0) is 0 Å². The van der Waals surface area contributed by atoms with Crippen LogP contribution in [0.3, 0.4) is 0 Å². The molecule has 0 aromatic rings. The number of allylic oxidation sites excluding steroid dienone is 2. The Morgan fingerprint density at radius 3 is 2.75 bits per heavy atom. The van der Waals surface area contributed by atoms with E-state index in [1.807, 2.05) is 11.8 Å². The third-order valence-electron chi connectivity index (χ3n) is 0.955. The van der Waals surface area contributed by atoms with Gasteiger partial charge >= 0.3 is 0 Å². The quantitative estimate of drug-likeness (QED) is 0.416. The van der Waals surface area contributed by atoms with Crippen LogP contribution < -0.4 is 0 Å². The van der Waals surface area contributed by atoms with E-state index >= 15 is 0 Å². The summed E-state index contributed by atoms with van der Waals surface area (Å²) in [4.78, 5) is 0. The van der Waals surface area contributed by atoms with E-state index in [0.29, 0.717) is 0 Å². The van der Waals surface area contributed by atoms with Crippen molar-refractivity contribution in [3.05, 3.63) is 12.2 Å². The molecule has 0 spiro atoms. The zero-order valence-corrected chi connectivity index (χ0v) is 6.50. The van der Waals surface area contributed by atoms with E-state index in [4.69, 9.17) is 0 Å². The fourth-order valence-electron chi connectivity index (χ4n) is 0.512. The van der Waals surface area contributed by atoms with Crippen LogP contribution in [0.4, 0.5) is 0 Å². The highest BCUT2D eigenvalue weighted by atomic mass is 32.2. The Bertz CT molecular complexity index is 57.4. The monoisotopic (exact) mass is 130 g/mol. The summed E-state index contributed by atoms with van der Waals surface area (Å²) >= 11 is 1.92. The van der Waals surface area contributed by atoms with Gasteiger partial charge in [0.05, 0.1) is 0 Å². The van der Waals surface area contributed by atoms with E-state index in [9.17, 15) is 0 Å². The number of unbranched alkanes of at least 4 members (excludes halogenated alkanes) is 1. The molecule has 0 aliphatic carbocycles.